The zero-order valence-corrected chi connectivity index (χ0v) is 16.8. The summed E-state index contributed by atoms with van der Waals surface area (Å²) in [6.45, 7) is 8.69. The Labute approximate surface area is 159 Å². The average Bonchev–Trinajstić information content (AvgIpc) is 2.60. The van der Waals surface area contributed by atoms with Crippen molar-refractivity contribution in [3.8, 4) is 0 Å². The maximum atomic E-state index is 12.8. The van der Waals surface area contributed by atoms with Crippen LogP contribution in [0.15, 0.2) is 24.3 Å². The predicted octanol–water partition coefficient (Wildman–Crippen LogP) is 2.70. The van der Waals surface area contributed by atoms with Crippen LogP contribution in [0.1, 0.15) is 50.5 Å². The van der Waals surface area contributed by atoms with Gasteiger partial charge in [0.05, 0.1) is 31.5 Å². The number of carbonyl (C=O) groups is 3. The molecule has 0 N–H and O–H groups in total. The van der Waals surface area contributed by atoms with Crippen molar-refractivity contribution in [2.24, 2.45) is 0 Å². The van der Waals surface area contributed by atoms with Crippen LogP contribution < -0.4 is 0 Å². The highest BCUT2D eigenvalue weighted by atomic mass is 16.6. The van der Waals surface area contributed by atoms with E-state index in [2.05, 4.69) is 4.74 Å². The molecule has 1 aromatic carbocycles. The lowest BCUT2D eigenvalue weighted by Gasteiger charge is -2.35. The van der Waals surface area contributed by atoms with Crippen LogP contribution in [0.3, 0.4) is 0 Å². The second kappa shape index (κ2) is 9.50. The molecule has 1 rings (SSSR count). The maximum absolute atomic E-state index is 12.8. The number of rotatable bonds is 8. The number of hydrogen-bond acceptors (Lipinski definition) is 7. The molecule has 0 aromatic heterocycles. The molecule has 27 heavy (non-hydrogen) atoms. The van der Waals surface area contributed by atoms with E-state index in [0.717, 1.165) is 0 Å². The van der Waals surface area contributed by atoms with Gasteiger partial charge in [-0.15, -0.1) is 0 Å². The molecule has 7 nitrogen and oxygen atoms in total. The second-order valence-corrected chi connectivity index (χ2v) is 6.85. The standard InChI is InChI=1S/C20H28O7/c1-7-25-17(22)20(18(23)26-8-2,27-19(3,4)5)13-14-9-11-15(12-10-14)16(21)24-6/h9-12H,7-8,13H2,1-6H3. The molecule has 0 radical (unpaired) electrons. The van der Waals surface area contributed by atoms with Gasteiger partial charge in [-0.1, -0.05) is 12.1 Å². The molecule has 0 unspecified atom stereocenters. The molecule has 0 fully saturated rings. The molecule has 0 amide bonds. The molecule has 0 aliphatic rings. The molecule has 0 aliphatic heterocycles. The molecule has 0 bridgehead atoms. The Balaban J connectivity index is 3.34. The van der Waals surface area contributed by atoms with Crippen LogP contribution in [0.25, 0.3) is 0 Å². The highest BCUT2D eigenvalue weighted by Gasteiger charge is 2.52. The van der Waals surface area contributed by atoms with Crippen molar-refractivity contribution >= 4 is 17.9 Å². The van der Waals surface area contributed by atoms with Gasteiger partial charge in [-0.2, -0.15) is 0 Å². The Bertz CT molecular complexity index is 638. The van der Waals surface area contributed by atoms with Gasteiger partial charge in [0.25, 0.3) is 5.60 Å². The fourth-order valence-corrected chi connectivity index (χ4v) is 2.53. The van der Waals surface area contributed by atoms with Gasteiger partial charge in [0.1, 0.15) is 0 Å². The van der Waals surface area contributed by atoms with Gasteiger partial charge >= 0.3 is 17.9 Å². The first kappa shape index (κ1) is 22.6. The van der Waals surface area contributed by atoms with Crippen molar-refractivity contribution in [1.82, 2.24) is 0 Å². The molecule has 0 aliphatic carbocycles. The fourth-order valence-electron chi connectivity index (χ4n) is 2.53. The van der Waals surface area contributed by atoms with Crippen molar-refractivity contribution < 1.29 is 33.3 Å². The first-order valence-electron chi connectivity index (χ1n) is 8.81. The van der Waals surface area contributed by atoms with Gasteiger partial charge in [0.15, 0.2) is 0 Å². The summed E-state index contributed by atoms with van der Waals surface area (Å²) in [6, 6.07) is 6.37. The predicted molar refractivity (Wildman–Crippen MR) is 98.3 cm³/mol. The second-order valence-electron chi connectivity index (χ2n) is 6.85. The quantitative estimate of drug-likeness (QED) is 0.389. The summed E-state index contributed by atoms with van der Waals surface area (Å²) in [5.41, 5.74) is -1.80. The number of esters is 3. The monoisotopic (exact) mass is 380 g/mol. The number of ether oxygens (including phenoxy) is 4. The highest BCUT2D eigenvalue weighted by molar-refractivity contribution is 6.04. The molecular formula is C20H28O7. The topological polar surface area (TPSA) is 88.1 Å². The molecule has 0 saturated carbocycles. The molecule has 150 valence electrons. The average molecular weight is 380 g/mol. The Morgan fingerprint density at radius 1 is 0.889 bits per heavy atom. The number of methoxy groups -OCH3 is 1. The molecule has 0 saturated heterocycles. The summed E-state index contributed by atoms with van der Waals surface area (Å²) in [5.74, 6) is -2.10. The van der Waals surface area contributed by atoms with E-state index < -0.39 is 29.1 Å². The molecule has 0 atom stereocenters. The summed E-state index contributed by atoms with van der Waals surface area (Å²) >= 11 is 0. The molecule has 1 aromatic rings. The van der Waals surface area contributed by atoms with E-state index >= 15 is 0 Å². The van der Waals surface area contributed by atoms with Crippen LogP contribution in [0.4, 0.5) is 0 Å². The van der Waals surface area contributed by atoms with Crippen LogP contribution in [0.2, 0.25) is 0 Å². The molecular weight excluding hydrogens is 352 g/mol. The van der Waals surface area contributed by atoms with Crippen LogP contribution in [-0.2, 0) is 35.0 Å². The van der Waals surface area contributed by atoms with Crippen molar-refractivity contribution in [3.63, 3.8) is 0 Å². The SMILES string of the molecule is CCOC(=O)C(Cc1ccc(C(=O)OC)cc1)(OC(C)(C)C)C(=O)OCC. The smallest absolute Gasteiger partial charge is 0.350 e. The van der Waals surface area contributed by atoms with E-state index in [-0.39, 0.29) is 19.6 Å². The van der Waals surface area contributed by atoms with Gasteiger partial charge in [0.2, 0.25) is 0 Å². The van der Waals surface area contributed by atoms with Crippen LogP contribution in [0.5, 0.6) is 0 Å². The van der Waals surface area contributed by atoms with Gasteiger partial charge < -0.3 is 18.9 Å². The van der Waals surface area contributed by atoms with Crippen molar-refractivity contribution in [3.05, 3.63) is 35.4 Å². The van der Waals surface area contributed by atoms with Crippen molar-refractivity contribution in [2.45, 2.75) is 52.2 Å². The van der Waals surface area contributed by atoms with E-state index in [0.29, 0.717) is 11.1 Å². The van der Waals surface area contributed by atoms with Crippen LogP contribution in [0, 0.1) is 0 Å². The van der Waals surface area contributed by atoms with Crippen molar-refractivity contribution in [2.75, 3.05) is 20.3 Å². The lowest BCUT2D eigenvalue weighted by atomic mass is 9.92. The lowest BCUT2D eigenvalue weighted by molar-refractivity contribution is -0.206. The van der Waals surface area contributed by atoms with Crippen LogP contribution in [-0.4, -0.2) is 49.4 Å². The zero-order valence-electron chi connectivity index (χ0n) is 16.8. The first-order valence-corrected chi connectivity index (χ1v) is 8.81. The third-order valence-corrected chi connectivity index (χ3v) is 3.52. The number of benzene rings is 1. The van der Waals surface area contributed by atoms with Gasteiger partial charge in [-0.25, -0.2) is 14.4 Å². The Morgan fingerprint density at radius 3 is 1.74 bits per heavy atom. The molecule has 7 heteroatoms. The summed E-state index contributed by atoms with van der Waals surface area (Å²) < 4.78 is 20.9. The van der Waals surface area contributed by atoms with Gasteiger partial charge in [-0.05, 0) is 52.3 Å². The minimum atomic E-state index is -1.95. The number of carbonyl (C=O) groups excluding carboxylic acids is 3. The minimum Gasteiger partial charge on any atom is -0.465 e. The molecule has 0 spiro atoms. The van der Waals surface area contributed by atoms with E-state index in [9.17, 15) is 14.4 Å². The first-order chi connectivity index (χ1) is 12.6. The summed E-state index contributed by atoms with van der Waals surface area (Å²) in [6.07, 6.45) is -0.0939. The lowest BCUT2D eigenvalue weighted by Crippen LogP contribution is -2.56. The van der Waals surface area contributed by atoms with Crippen molar-refractivity contribution in [1.29, 1.82) is 0 Å². The number of hydrogen-bond donors (Lipinski definition) is 0. The van der Waals surface area contributed by atoms with E-state index in [1.54, 1.807) is 58.9 Å². The van der Waals surface area contributed by atoms with E-state index in [4.69, 9.17) is 14.2 Å². The summed E-state index contributed by atoms with van der Waals surface area (Å²) in [5, 5.41) is 0. The largest absolute Gasteiger partial charge is 0.465 e. The third-order valence-electron chi connectivity index (χ3n) is 3.52. The van der Waals surface area contributed by atoms with Gasteiger partial charge in [-0.3, -0.25) is 0 Å². The Kier molecular flexibility index (Phi) is 7.97. The maximum Gasteiger partial charge on any atom is 0.350 e. The van der Waals surface area contributed by atoms with E-state index in [1.165, 1.54) is 7.11 Å². The summed E-state index contributed by atoms with van der Waals surface area (Å²) in [4.78, 5) is 37.1. The fraction of sp³-hybridized carbons (Fsp3) is 0.550. The minimum absolute atomic E-state index is 0.0920. The van der Waals surface area contributed by atoms with E-state index in [1.807, 2.05) is 0 Å². The summed E-state index contributed by atoms with van der Waals surface area (Å²) in [7, 11) is 1.29. The molecule has 0 heterocycles. The zero-order chi connectivity index (χ0) is 20.7. The Morgan fingerprint density at radius 2 is 1.37 bits per heavy atom. The van der Waals surface area contributed by atoms with Gasteiger partial charge in [0, 0.05) is 6.42 Å². The highest BCUT2D eigenvalue weighted by Crippen LogP contribution is 2.28. The Hall–Kier alpha value is -2.41. The normalized spacial score (nSPS) is 11.6. The van der Waals surface area contributed by atoms with Crippen LogP contribution >= 0.6 is 0 Å². The third kappa shape index (κ3) is 6.06.